The van der Waals surface area contributed by atoms with Crippen molar-refractivity contribution in [3.05, 3.63) is 30.3 Å². The molecule has 6 heteroatoms. The van der Waals surface area contributed by atoms with Gasteiger partial charge in [0.2, 0.25) is 0 Å². The molecule has 1 amide bonds. The highest BCUT2D eigenvalue weighted by Crippen LogP contribution is 2.08. The number of hydrogen-bond donors (Lipinski definition) is 2. The number of aliphatic hydroxyl groups is 1. The monoisotopic (exact) mass is 283 g/mol. The highest BCUT2D eigenvalue weighted by molar-refractivity contribution is 5.66. The number of ether oxygens (including phenoxy) is 2. The van der Waals surface area contributed by atoms with Crippen LogP contribution in [0.1, 0.15) is 20.8 Å². The van der Waals surface area contributed by atoms with Crippen molar-refractivity contribution in [3.63, 3.8) is 0 Å². The van der Waals surface area contributed by atoms with Gasteiger partial charge in [-0.05, 0) is 32.9 Å². The summed E-state index contributed by atoms with van der Waals surface area (Å²) >= 11 is 0. The topological polar surface area (TPSA) is 77.0 Å². The molecular weight excluding hydrogens is 262 g/mol. The summed E-state index contributed by atoms with van der Waals surface area (Å²) in [6, 6.07) is 9.11. The normalized spacial score (nSPS) is 12.6. The first kappa shape index (κ1) is 16.3. The van der Waals surface area contributed by atoms with Gasteiger partial charge in [-0.1, -0.05) is 18.2 Å². The van der Waals surface area contributed by atoms with E-state index in [2.05, 4.69) is 5.48 Å². The molecule has 0 radical (unpaired) electrons. The summed E-state index contributed by atoms with van der Waals surface area (Å²) in [7, 11) is 0. The third kappa shape index (κ3) is 7.60. The number of benzene rings is 1. The molecule has 112 valence electrons. The quantitative estimate of drug-likeness (QED) is 0.780. The highest BCUT2D eigenvalue weighted by atomic mass is 16.7. The molecule has 0 saturated heterocycles. The Hall–Kier alpha value is -1.79. The van der Waals surface area contributed by atoms with Crippen molar-refractivity contribution in [1.82, 2.24) is 5.48 Å². The van der Waals surface area contributed by atoms with Crippen molar-refractivity contribution >= 4 is 6.09 Å². The zero-order valence-electron chi connectivity index (χ0n) is 12.0. The van der Waals surface area contributed by atoms with Gasteiger partial charge in [0.25, 0.3) is 0 Å². The molecule has 0 spiro atoms. The molecular formula is C14H21NO5. The summed E-state index contributed by atoms with van der Waals surface area (Å²) in [5, 5.41) is 9.61. The number of hydroxylamine groups is 1. The van der Waals surface area contributed by atoms with Gasteiger partial charge in [-0.2, -0.15) is 5.48 Å². The van der Waals surface area contributed by atoms with Gasteiger partial charge in [0.1, 0.15) is 30.7 Å². The van der Waals surface area contributed by atoms with Crippen molar-refractivity contribution in [1.29, 1.82) is 0 Å². The Balaban J connectivity index is 2.14. The Kier molecular flexibility index (Phi) is 6.27. The van der Waals surface area contributed by atoms with Crippen LogP contribution < -0.4 is 10.2 Å². The standard InChI is InChI=1S/C14H21NO5/c1-14(2,3)20-13(17)15-19-10-11(16)9-18-12-7-5-4-6-8-12/h4-8,11,16H,9-10H2,1-3H3,(H,15,17). The lowest BCUT2D eigenvalue weighted by Crippen LogP contribution is -2.35. The van der Waals surface area contributed by atoms with Gasteiger partial charge in [-0.3, -0.25) is 4.84 Å². The first-order valence-electron chi connectivity index (χ1n) is 6.33. The van der Waals surface area contributed by atoms with Gasteiger partial charge in [0, 0.05) is 0 Å². The lowest BCUT2D eigenvalue weighted by molar-refractivity contribution is -0.0444. The Morgan fingerprint density at radius 1 is 1.25 bits per heavy atom. The van der Waals surface area contributed by atoms with Crippen LogP contribution in [-0.2, 0) is 9.57 Å². The van der Waals surface area contributed by atoms with Crippen LogP contribution in [0.25, 0.3) is 0 Å². The molecule has 0 aromatic heterocycles. The average molecular weight is 283 g/mol. The second kappa shape index (κ2) is 7.72. The van der Waals surface area contributed by atoms with E-state index in [1.165, 1.54) is 0 Å². The Morgan fingerprint density at radius 3 is 2.50 bits per heavy atom. The van der Waals surface area contributed by atoms with E-state index in [-0.39, 0.29) is 13.2 Å². The summed E-state index contributed by atoms with van der Waals surface area (Å²) in [4.78, 5) is 16.1. The molecule has 2 N–H and O–H groups in total. The van der Waals surface area contributed by atoms with Crippen molar-refractivity contribution in [2.24, 2.45) is 0 Å². The number of hydrogen-bond acceptors (Lipinski definition) is 5. The maximum atomic E-state index is 11.2. The fourth-order valence-corrected chi connectivity index (χ4v) is 1.25. The molecule has 0 saturated carbocycles. The van der Waals surface area contributed by atoms with Crippen molar-refractivity contribution in [2.45, 2.75) is 32.5 Å². The molecule has 0 heterocycles. The van der Waals surface area contributed by atoms with E-state index in [0.29, 0.717) is 5.75 Å². The zero-order chi connectivity index (χ0) is 15.0. The largest absolute Gasteiger partial charge is 0.491 e. The van der Waals surface area contributed by atoms with Gasteiger partial charge in [0.15, 0.2) is 0 Å². The molecule has 0 aliphatic rings. The number of amides is 1. The third-order valence-corrected chi connectivity index (χ3v) is 2.02. The first-order chi connectivity index (χ1) is 9.37. The zero-order valence-corrected chi connectivity index (χ0v) is 12.0. The predicted molar refractivity (Wildman–Crippen MR) is 73.3 cm³/mol. The lowest BCUT2D eigenvalue weighted by atomic mass is 10.2. The molecule has 1 rings (SSSR count). The van der Waals surface area contributed by atoms with Crippen LogP contribution in [0.15, 0.2) is 30.3 Å². The van der Waals surface area contributed by atoms with E-state index in [1.807, 2.05) is 18.2 Å². The van der Waals surface area contributed by atoms with Gasteiger partial charge in [-0.25, -0.2) is 4.79 Å². The number of rotatable bonds is 6. The van der Waals surface area contributed by atoms with E-state index in [1.54, 1.807) is 32.9 Å². The third-order valence-electron chi connectivity index (χ3n) is 2.02. The summed E-state index contributed by atoms with van der Waals surface area (Å²) in [5.74, 6) is 0.659. The van der Waals surface area contributed by atoms with Crippen LogP contribution in [0, 0.1) is 0 Å². The van der Waals surface area contributed by atoms with Crippen molar-refractivity contribution in [2.75, 3.05) is 13.2 Å². The average Bonchev–Trinajstić information content (AvgIpc) is 2.35. The van der Waals surface area contributed by atoms with Crippen LogP contribution in [0.5, 0.6) is 5.75 Å². The Bertz CT molecular complexity index is 402. The van der Waals surface area contributed by atoms with Crippen molar-refractivity contribution < 1.29 is 24.2 Å². The molecule has 1 atom stereocenters. The minimum Gasteiger partial charge on any atom is -0.491 e. The highest BCUT2D eigenvalue weighted by Gasteiger charge is 2.16. The van der Waals surface area contributed by atoms with Gasteiger partial charge < -0.3 is 14.6 Å². The molecule has 1 unspecified atom stereocenters. The second-order valence-corrected chi connectivity index (χ2v) is 5.19. The summed E-state index contributed by atoms with van der Waals surface area (Å²) < 4.78 is 10.3. The van der Waals surface area contributed by atoms with Crippen LogP contribution in [-0.4, -0.2) is 36.1 Å². The van der Waals surface area contributed by atoms with Gasteiger partial charge in [0.05, 0.1) is 0 Å². The minimum atomic E-state index is -0.856. The Morgan fingerprint density at radius 2 is 1.90 bits per heavy atom. The number of carbonyl (C=O) groups is 1. The number of nitrogens with one attached hydrogen (secondary N) is 1. The first-order valence-corrected chi connectivity index (χ1v) is 6.33. The molecule has 20 heavy (non-hydrogen) atoms. The molecule has 0 aliphatic heterocycles. The van der Waals surface area contributed by atoms with E-state index in [9.17, 15) is 9.90 Å². The van der Waals surface area contributed by atoms with E-state index in [4.69, 9.17) is 14.3 Å². The van der Waals surface area contributed by atoms with E-state index in [0.717, 1.165) is 0 Å². The van der Waals surface area contributed by atoms with Crippen LogP contribution in [0.2, 0.25) is 0 Å². The van der Waals surface area contributed by atoms with Gasteiger partial charge >= 0.3 is 6.09 Å². The molecule has 1 aromatic carbocycles. The van der Waals surface area contributed by atoms with E-state index >= 15 is 0 Å². The minimum absolute atomic E-state index is 0.0695. The smallest absolute Gasteiger partial charge is 0.431 e. The lowest BCUT2D eigenvalue weighted by Gasteiger charge is -2.19. The predicted octanol–water partition coefficient (Wildman–Crippen LogP) is 1.88. The second-order valence-electron chi connectivity index (χ2n) is 5.19. The molecule has 0 fully saturated rings. The van der Waals surface area contributed by atoms with Gasteiger partial charge in [-0.15, -0.1) is 0 Å². The number of aliphatic hydroxyl groups excluding tert-OH is 1. The Labute approximate surface area is 118 Å². The summed E-state index contributed by atoms with van der Waals surface area (Å²) in [6.07, 6.45) is -1.56. The molecule has 0 aliphatic carbocycles. The van der Waals surface area contributed by atoms with Crippen LogP contribution in [0.3, 0.4) is 0 Å². The molecule has 0 bridgehead atoms. The maximum absolute atomic E-state index is 11.2. The summed E-state index contributed by atoms with van der Waals surface area (Å²) in [6.45, 7) is 5.21. The summed E-state index contributed by atoms with van der Waals surface area (Å²) in [5.41, 5.74) is 1.50. The fourth-order valence-electron chi connectivity index (χ4n) is 1.25. The van der Waals surface area contributed by atoms with Crippen molar-refractivity contribution in [3.8, 4) is 5.75 Å². The fraction of sp³-hybridized carbons (Fsp3) is 0.500. The van der Waals surface area contributed by atoms with E-state index < -0.39 is 17.8 Å². The SMILES string of the molecule is CC(C)(C)OC(=O)NOCC(O)COc1ccccc1. The number of carbonyl (C=O) groups excluding carboxylic acids is 1. The maximum Gasteiger partial charge on any atom is 0.431 e. The molecule has 1 aromatic rings. The molecule has 6 nitrogen and oxygen atoms in total. The van der Waals surface area contributed by atoms with Crippen LogP contribution in [0.4, 0.5) is 4.79 Å². The van der Waals surface area contributed by atoms with Crippen LogP contribution >= 0.6 is 0 Å². The number of para-hydroxylation sites is 1.